The van der Waals surface area contributed by atoms with Crippen molar-refractivity contribution < 1.29 is 9.84 Å². The van der Waals surface area contributed by atoms with Crippen LogP contribution in [0.4, 0.5) is 0 Å². The Morgan fingerprint density at radius 2 is 2.21 bits per heavy atom. The van der Waals surface area contributed by atoms with Crippen molar-refractivity contribution in [3.8, 4) is 0 Å². The van der Waals surface area contributed by atoms with Crippen LogP contribution in [0.3, 0.4) is 0 Å². The highest BCUT2D eigenvalue weighted by molar-refractivity contribution is 4.85. The number of ether oxygens (including phenoxy) is 1. The molecular weight excluding hydrogens is 178 g/mol. The van der Waals surface area contributed by atoms with Crippen molar-refractivity contribution in [3.63, 3.8) is 0 Å². The average molecular weight is 201 g/mol. The highest BCUT2D eigenvalue weighted by Crippen LogP contribution is 2.22. The molecule has 2 N–H and O–H groups in total. The first-order valence-electron chi connectivity index (χ1n) is 5.75. The molecule has 84 valence electrons. The summed E-state index contributed by atoms with van der Waals surface area (Å²) >= 11 is 0. The first-order valence-corrected chi connectivity index (χ1v) is 5.75. The molecule has 0 aromatic heterocycles. The second kappa shape index (κ2) is 6.38. The quantitative estimate of drug-likeness (QED) is 0.610. The molecule has 3 heteroatoms. The zero-order chi connectivity index (χ0) is 10.4. The zero-order valence-corrected chi connectivity index (χ0v) is 9.33. The van der Waals surface area contributed by atoms with Gasteiger partial charge in [-0.3, -0.25) is 0 Å². The SMILES string of the molecule is CCOC1CC(NCCCC(C)O)C1. The Kier molecular flexibility index (Phi) is 5.45. The molecule has 14 heavy (non-hydrogen) atoms. The van der Waals surface area contributed by atoms with Gasteiger partial charge in [0.2, 0.25) is 0 Å². The lowest BCUT2D eigenvalue weighted by atomic mass is 9.89. The number of aliphatic hydroxyl groups is 1. The van der Waals surface area contributed by atoms with Crippen molar-refractivity contribution in [2.75, 3.05) is 13.2 Å². The molecular formula is C11H23NO2. The molecule has 0 aliphatic heterocycles. The summed E-state index contributed by atoms with van der Waals surface area (Å²) in [7, 11) is 0. The summed E-state index contributed by atoms with van der Waals surface area (Å²) in [4.78, 5) is 0. The molecule has 1 rings (SSSR count). The highest BCUT2D eigenvalue weighted by Gasteiger charge is 2.28. The molecule has 0 saturated heterocycles. The maximum Gasteiger partial charge on any atom is 0.0604 e. The fraction of sp³-hybridized carbons (Fsp3) is 1.00. The molecule has 0 aromatic carbocycles. The van der Waals surface area contributed by atoms with Crippen LogP contribution >= 0.6 is 0 Å². The van der Waals surface area contributed by atoms with Gasteiger partial charge in [-0.25, -0.2) is 0 Å². The van der Waals surface area contributed by atoms with Crippen LogP contribution in [0.15, 0.2) is 0 Å². The summed E-state index contributed by atoms with van der Waals surface area (Å²) in [6, 6.07) is 0.653. The number of hydrogen-bond donors (Lipinski definition) is 2. The third kappa shape index (κ3) is 4.40. The van der Waals surface area contributed by atoms with E-state index in [0.29, 0.717) is 12.1 Å². The van der Waals surface area contributed by atoms with Gasteiger partial charge in [0.05, 0.1) is 12.2 Å². The minimum absolute atomic E-state index is 0.158. The predicted molar refractivity (Wildman–Crippen MR) is 57.4 cm³/mol. The first kappa shape index (κ1) is 12.0. The molecule has 1 unspecified atom stereocenters. The highest BCUT2D eigenvalue weighted by atomic mass is 16.5. The van der Waals surface area contributed by atoms with Crippen LogP contribution in [-0.4, -0.2) is 36.5 Å². The van der Waals surface area contributed by atoms with Gasteiger partial charge in [0.1, 0.15) is 0 Å². The third-order valence-corrected chi connectivity index (χ3v) is 2.73. The maximum atomic E-state index is 9.05. The van der Waals surface area contributed by atoms with E-state index in [2.05, 4.69) is 5.32 Å². The van der Waals surface area contributed by atoms with Gasteiger partial charge in [-0.05, 0) is 46.1 Å². The van der Waals surface area contributed by atoms with Crippen molar-refractivity contribution in [3.05, 3.63) is 0 Å². The molecule has 0 amide bonds. The molecule has 1 saturated carbocycles. The zero-order valence-electron chi connectivity index (χ0n) is 9.33. The molecule has 3 nitrogen and oxygen atoms in total. The summed E-state index contributed by atoms with van der Waals surface area (Å²) in [6.45, 7) is 5.74. The number of hydrogen-bond acceptors (Lipinski definition) is 3. The van der Waals surface area contributed by atoms with E-state index in [0.717, 1.165) is 38.8 Å². The largest absolute Gasteiger partial charge is 0.393 e. The summed E-state index contributed by atoms with van der Waals surface area (Å²) in [5.41, 5.74) is 0. The van der Waals surface area contributed by atoms with Crippen molar-refractivity contribution in [1.82, 2.24) is 5.32 Å². The lowest BCUT2D eigenvalue weighted by Gasteiger charge is -2.35. The number of rotatable bonds is 7. The van der Waals surface area contributed by atoms with E-state index in [1.165, 1.54) is 0 Å². The molecule has 0 radical (unpaired) electrons. The normalized spacial score (nSPS) is 28.5. The fourth-order valence-corrected chi connectivity index (χ4v) is 1.81. The van der Waals surface area contributed by atoms with Gasteiger partial charge >= 0.3 is 0 Å². The standard InChI is InChI=1S/C11H23NO2/c1-3-14-11-7-10(8-11)12-6-4-5-9(2)13/h9-13H,3-8H2,1-2H3. The van der Waals surface area contributed by atoms with Crippen LogP contribution in [0.2, 0.25) is 0 Å². The van der Waals surface area contributed by atoms with Crippen molar-refractivity contribution >= 4 is 0 Å². The molecule has 1 atom stereocenters. The molecule has 1 fully saturated rings. The van der Waals surface area contributed by atoms with Gasteiger partial charge in [-0.1, -0.05) is 0 Å². The monoisotopic (exact) mass is 201 g/mol. The van der Waals surface area contributed by atoms with Crippen LogP contribution in [0.1, 0.15) is 39.5 Å². The van der Waals surface area contributed by atoms with Crippen LogP contribution < -0.4 is 5.32 Å². The van der Waals surface area contributed by atoms with Crippen LogP contribution in [-0.2, 0) is 4.74 Å². The molecule has 0 spiro atoms. The van der Waals surface area contributed by atoms with E-state index >= 15 is 0 Å². The molecule has 0 bridgehead atoms. The summed E-state index contributed by atoms with van der Waals surface area (Å²) in [5.74, 6) is 0. The van der Waals surface area contributed by atoms with Gasteiger partial charge in [-0.2, -0.15) is 0 Å². The maximum absolute atomic E-state index is 9.05. The number of aliphatic hydroxyl groups excluding tert-OH is 1. The van der Waals surface area contributed by atoms with Crippen molar-refractivity contribution in [1.29, 1.82) is 0 Å². The van der Waals surface area contributed by atoms with Crippen LogP contribution in [0.25, 0.3) is 0 Å². The van der Waals surface area contributed by atoms with Gasteiger partial charge in [-0.15, -0.1) is 0 Å². The average Bonchev–Trinajstić information content (AvgIpc) is 2.06. The van der Waals surface area contributed by atoms with E-state index in [1.807, 2.05) is 13.8 Å². The Morgan fingerprint density at radius 3 is 2.79 bits per heavy atom. The van der Waals surface area contributed by atoms with Crippen LogP contribution in [0.5, 0.6) is 0 Å². The topological polar surface area (TPSA) is 41.5 Å². The van der Waals surface area contributed by atoms with E-state index in [4.69, 9.17) is 9.84 Å². The molecule has 1 aliphatic rings. The van der Waals surface area contributed by atoms with Gasteiger partial charge in [0.25, 0.3) is 0 Å². The summed E-state index contributed by atoms with van der Waals surface area (Å²) in [6.07, 6.45) is 4.61. The Bertz CT molecular complexity index is 144. The second-order valence-corrected chi connectivity index (χ2v) is 4.19. The van der Waals surface area contributed by atoms with E-state index in [1.54, 1.807) is 0 Å². The second-order valence-electron chi connectivity index (χ2n) is 4.19. The lowest BCUT2D eigenvalue weighted by molar-refractivity contribution is -0.00990. The minimum atomic E-state index is -0.158. The van der Waals surface area contributed by atoms with Gasteiger partial charge in [0, 0.05) is 12.6 Å². The van der Waals surface area contributed by atoms with Crippen molar-refractivity contribution in [2.24, 2.45) is 0 Å². The van der Waals surface area contributed by atoms with E-state index in [-0.39, 0.29) is 6.10 Å². The summed E-state index contributed by atoms with van der Waals surface area (Å²) < 4.78 is 5.47. The summed E-state index contributed by atoms with van der Waals surface area (Å²) in [5, 5.41) is 12.5. The third-order valence-electron chi connectivity index (χ3n) is 2.73. The molecule has 0 aromatic rings. The van der Waals surface area contributed by atoms with Crippen LogP contribution in [0, 0.1) is 0 Å². The lowest BCUT2D eigenvalue weighted by Crippen LogP contribution is -2.45. The fourth-order valence-electron chi connectivity index (χ4n) is 1.81. The molecule has 1 aliphatic carbocycles. The Morgan fingerprint density at radius 1 is 1.50 bits per heavy atom. The minimum Gasteiger partial charge on any atom is -0.393 e. The first-order chi connectivity index (χ1) is 6.72. The Labute approximate surface area is 86.8 Å². The Hall–Kier alpha value is -0.120. The van der Waals surface area contributed by atoms with Crippen molar-refractivity contribution in [2.45, 2.75) is 57.8 Å². The smallest absolute Gasteiger partial charge is 0.0604 e. The van der Waals surface area contributed by atoms with Gasteiger partial charge in [0.15, 0.2) is 0 Å². The van der Waals surface area contributed by atoms with E-state index < -0.39 is 0 Å². The Balaban J connectivity index is 1.86. The molecule has 0 heterocycles. The van der Waals surface area contributed by atoms with E-state index in [9.17, 15) is 0 Å². The van der Waals surface area contributed by atoms with Gasteiger partial charge < -0.3 is 15.2 Å². The predicted octanol–water partition coefficient (Wildman–Crippen LogP) is 1.30. The number of nitrogens with one attached hydrogen (secondary N) is 1.